The van der Waals surface area contributed by atoms with Crippen LogP contribution in [0.25, 0.3) is 0 Å². The first kappa shape index (κ1) is 41.5. The summed E-state index contributed by atoms with van der Waals surface area (Å²) in [7, 11) is -4.67. The van der Waals surface area contributed by atoms with Gasteiger partial charge in [0.15, 0.2) is 6.10 Å². The molecule has 0 aromatic carbocycles. The van der Waals surface area contributed by atoms with Gasteiger partial charge in [-0.25, -0.2) is 4.57 Å². The summed E-state index contributed by atoms with van der Waals surface area (Å²) in [5.74, 6) is -2.44. The minimum absolute atomic E-state index is 0.116. The predicted molar refractivity (Wildman–Crippen MR) is 166 cm³/mol. The molecule has 3 atom stereocenters. The van der Waals surface area contributed by atoms with E-state index >= 15 is 0 Å². The standard InChI is InChI=1S/C31H60NO10P/c1-3-5-6-7-8-9-10-11-12-13-14-15-16-17-18-19-20-21-23-29(33)39-24-27(42-30(34)22-4-2)25-40-43(37,38)41-26-28(32)31(35)36/h27-28H,3-26,32H2,1-2H3,(H,35,36)(H,37,38)/t27-,28+/m1/s1. The monoisotopic (exact) mass is 637 g/mol. The number of hydrogen-bond donors (Lipinski definition) is 3. The fourth-order valence-electron chi connectivity index (χ4n) is 4.45. The summed E-state index contributed by atoms with van der Waals surface area (Å²) in [5, 5.41) is 8.74. The van der Waals surface area contributed by atoms with E-state index in [-0.39, 0.29) is 19.4 Å². The van der Waals surface area contributed by atoms with Gasteiger partial charge in [0.1, 0.15) is 12.6 Å². The van der Waals surface area contributed by atoms with Crippen LogP contribution in [0.15, 0.2) is 0 Å². The number of carboxylic acid groups (broad SMARTS) is 1. The predicted octanol–water partition coefficient (Wildman–Crippen LogP) is 7.22. The van der Waals surface area contributed by atoms with Crippen molar-refractivity contribution in [1.29, 1.82) is 0 Å². The van der Waals surface area contributed by atoms with Crippen LogP contribution in [0.5, 0.6) is 0 Å². The summed E-state index contributed by atoms with van der Waals surface area (Å²) in [5.41, 5.74) is 5.24. The summed E-state index contributed by atoms with van der Waals surface area (Å²) in [6.45, 7) is 2.36. The van der Waals surface area contributed by atoms with E-state index in [4.69, 9.17) is 24.8 Å². The number of esters is 2. The van der Waals surface area contributed by atoms with Gasteiger partial charge in [0.2, 0.25) is 0 Å². The second kappa shape index (κ2) is 28.0. The molecule has 254 valence electrons. The zero-order valence-electron chi connectivity index (χ0n) is 26.8. The van der Waals surface area contributed by atoms with Crippen molar-refractivity contribution in [2.75, 3.05) is 19.8 Å². The lowest BCUT2D eigenvalue weighted by atomic mass is 10.0. The summed E-state index contributed by atoms with van der Waals surface area (Å²) in [6, 6.07) is -1.51. The van der Waals surface area contributed by atoms with Crippen LogP contribution in [-0.2, 0) is 37.5 Å². The van der Waals surface area contributed by atoms with Crippen molar-refractivity contribution in [3.63, 3.8) is 0 Å². The van der Waals surface area contributed by atoms with Gasteiger partial charge in [-0.1, -0.05) is 123 Å². The Morgan fingerprint density at radius 2 is 1.07 bits per heavy atom. The molecule has 4 N–H and O–H groups in total. The quantitative estimate of drug-likeness (QED) is 0.0398. The molecule has 0 amide bonds. The maximum atomic E-state index is 12.2. The first-order valence-electron chi connectivity index (χ1n) is 16.6. The van der Waals surface area contributed by atoms with E-state index in [0.29, 0.717) is 12.8 Å². The highest BCUT2D eigenvalue weighted by molar-refractivity contribution is 7.47. The molecule has 12 heteroatoms. The van der Waals surface area contributed by atoms with Crippen molar-refractivity contribution in [1.82, 2.24) is 0 Å². The Kier molecular flexibility index (Phi) is 27.0. The van der Waals surface area contributed by atoms with E-state index < -0.39 is 51.1 Å². The van der Waals surface area contributed by atoms with Gasteiger partial charge in [-0.2, -0.15) is 0 Å². The number of aliphatic carboxylic acids is 1. The molecule has 0 fully saturated rings. The van der Waals surface area contributed by atoms with E-state index in [1.54, 1.807) is 6.92 Å². The molecule has 0 rings (SSSR count). The SMILES string of the molecule is CCCCCCCCCCCCCCCCCCCCC(=O)OC[C@H](COP(=O)(O)OC[C@H](N)C(=O)O)OC(=O)CCC. The average molecular weight is 638 g/mol. The number of unbranched alkanes of at least 4 members (excludes halogenated alkanes) is 17. The number of carboxylic acids is 1. The maximum absolute atomic E-state index is 12.2. The normalized spacial score (nSPS) is 14.1. The molecule has 0 aliphatic carbocycles. The van der Waals surface area contributed by atoms with E-state index in [9.17, 15) is 23.8 Å². The van der Waals surface area contributed by atoms with Crippen molar-refractivity contribution >= 4 is 25.7 Å². The molecule has 0 saturated carbocycles. The third-order valence-corrected chi connectivity index (χ3v) is 8.03. The van der Waals surface area contributed by atoms with Gasteiger partial charge in [-0.05, 0) is 12.8 Å². The average Bonchev–Trinajstić information content (AvgIpc) is 2.96. The van der Waals surface area contributed by atoms with Crippen LogP contribution in [-0.4, -0.2) is 59.9 Å². The zero-order chi connectivity index (χ0) is 32.2. The summed E-state index contributed by atoms with van der Waals surface area (Å²) in [6.07, 6.45) is 22.4. The zero-order valence-corrected chi connectivity index (χ0v) is 27.7. The molecule has 0 spiro atoms. The number of hydrogen-bond acceptors (Lipinski definition) is 9. The van der Waals surface area contributed by atoms with Crippen LogP contribution in [0, 0.1) is 0 Å². The highest BCUT2D eigenvalue weighted by atomic mass is 31.2. The minimum Gasteiger partial charge on any atom is -0.480 e. The lowest BCUT2D eigenvalue weighted by Gasteiger charge is -2.20. The lowest BCUT2D eigenvalue weighted by Crippen LogP contribution is -2.34. The molecule has 0 aromatic rings. The van der Waals surface area contributed by atoms with Gasteiger partial charge < -0.3 is 25.2 Å². The topological polar surface area (TPSA) is 172 Å². The van der Waals surface area contributed by atoms with Gasteiger partial charge in [-0.3, -0.25) is 23.4 Å². The van der Waals surface area contributed by atoms with Gasteiger partial charge >= 0.3 is 25.7 Å². The third kappa shape index (κ3) is 27.7. The second-order valence-corrected chi connectivity index (χ2v) is 12.8. The summed E-state index contributed by atoms with van der Waals surface area (Å²) >= 11 is 0. The lowest BCUT2D eigenvalue weighted by molar-refractivity contribution is -0.161. The second-order valence-electron chi connectivity index (χ2n) is 11.3. The molecule has 0 heterocycles. The number of rotatable bonds is 31. The highest BCUT2D eigenvalue weighted by Gasteiger charge is 2.28. The highest BCUT2D eigenvalue weighted by Crippen LogP contribution is 2.43. The molecule has 11 nitrogen and oxygen atoms in total. The molecule has 1 unspecified atom stereocenters. The van der Waals surface area contributed by atoms with E-state index in [2.05, 4.69) is 11.4 Å². The van der Waals surface area contributed by atoms with Gasteiger partial charge in [0.25, 0.3) is 0 Å². The molecule has 0 bridgehead atoms. The van der Waals surface area contributed by atoms with E-state index in [0.717, 1.165) is 19.3 Å². The number of carbonyl (C=O) groups is 3. The van der Waals surface area contributed by atoms with Gasteiger partial charge in [0, 0.05) is 12.8 Å². The Balaban J connectivity index is 3.96. The fourth-order valence-corrected chi connectivity index (χ4v) is 5.23. The van der Waals surface area contributed by atoms with Crippen LogP contribution < -0.4 is 5.73 Å². The van der Waals surface area contributed by atoms with Crippen molar-refractivity contribution < 1.29 is 47.5 Å². The third-order valence-electron chi connectivity index (χ3n) is 7.07. The Morgan fingerprint density at radius 3 is 1.51 bits per heavy atom. The molecule has 0 aromatic heterocycles. The summed E-state index contributed by atoms with van der Waals surface area (Å²) in [4.78, 5) is 44.6. The fraction of sp³-hybridized carbons (Fsp3) is 0.903. The molecular weight excluding hydrogens is 577 g/mol. The van der Waals surface area contributed by atoms with Crippen LogP contribution in [0.2, 0.25) is 0 Å². The largest absolute Gasteiger partial charge is 0.480 e. The molecule has 0 saturated heterocycles. The number of phosphoric ester groups is 1. The Labute approximate surface area is 259 Å². The van der Waals surface area contributed by atoms with Crippen LogP contribution >= 0.6 is 7.82 Å². The number of ether oxygens (including phenoxy) is 2. The van der Waals surface area contributed by atoms with Gasteiger partial charge in [0.05, 0.1) is 13.2 Å². The number of carbonyl (C=O) groups excluding carboxylic acids is 2. The molecule has 0 aliphatic heterocycles. The van der Waals surface area contributed by atoms with Crippen LogP contribution in [0.1, 0.15) is 149 Å². The number of nitrogens with two attached hydrogens (primary N) is 1. The molecule has 0 aliphatic rings. The first-order valence-corrected chi connectivity index (χ1v) is 18.1. The van der Waals surface area contributed by atoms with Crippen LogP contribution in [0.4, 0.5) is 0 Å². The molecule has 0 radical (unpaired) electrons. The Bertz CT molecular complexity index is 767. The Hall–Kier alpha value is -1.52. The first-order chi connectivity index (χ1) is 20.6. The molecular formula is C31H60NO10P. The van der Waals surface area contributed by atoms with Crippen molar-refractivity contribution in [3.05, 3.63) is 0 Å². The van der Waals surface area contributed by atoms with Crippen molar-refractivity contribution in [3.8, 4) is 0 Å². The minimum atomic E-state index is -4.67. The van der Waals surface area contributed by atoms with Crippen molar-refractivity contribution in [2.45, 2.75) is 161 Å². The van der Waals surface area contributed by atoms with Crippen LogP contribution in [0.3, 0.4) is 0 Å². The summed E-state index contributed by atoms with van der Waals surface area (Å²) < 4.78 is 31.8. The smallest absolute Gasteiger partial charge is 0.472 e. The molecule has 43 heavy (non-hydrogen) atoms. The van der Waals surface area contributed by atoms with E-state index in [1.165, 1.54) is 89.9 Å². The maximum Gasteiger partial charge on any atom is 0.472 e. The van der Waals surface area contributed by atoms with Crippen molar-refractivity contribution in [2.24, 2.45) is 5.73 Å². The Morgan fingerprint density at radius 1 is 0.628 bits per heavy atom. The van der Waals surface area contributed by atoms with Gasteiger partial charge in [-0.15, -0.1) is 0 Å². The van der Waals surface area contributed by atoms with E-state index in [1.807, 2.05) is 0 Å². The number of phosphoric acid groups is 1.